The van der Waals surface area contributed by atoms with Crippen molar-refractivity contribution in [3.63, 3.8) is 0 Å². The minimum atomic E-state index is -0.230. The topological polar surface area (TPSA) is 17.1 Å². The standard InChI is InChI=1S/C17H17FO/c1-11-5-4-6-14(7-11)10-16(19)15-8-12(2)17(18)13(3)9-15/h4-9H,10H2,1-3H3. The Balaban J connectivity index is 2.25. The number of rotatable bonds is 3. The van der Waals surface area contributed by atoms with E-state index in [1.165, 1.54) is 0 Å². The van der Waals surface area contributed by atoms with Crippen LogP contribution in [-0.4, -0.2) is 5.78 Å². The van der Waals surface area contributed by atoms with Gasteiger partial charge in [-0.05, 0) is 49.6 Å². The summed E-state index contributed by atoms with van der Waals surface area (Å²) in [7, 11) is 0. The summed E-state index contributed by atoms with van der Waals surface area (Å²) in [5.74, 6) is -0.205. The van der Waals surface area contributed by atoms with Crippen LogP contribution in [0.1, 0.15) is 32.6 Å². The summed E-state index contributed by atoms with van der Waals surface area (Å²) in [6.07, 6.45) is 0.353. The van der Waals surface area contributed by atoms with Crippen LogP contribution < -0.4 is 0 Å². The Morgan fingerprint density at radius 2 is 1.68 bits per heavy atom. The van der Waals surface area contributed by atoms with Crippen LogP contribution in [0.25, 0.3) is 0 Å². The Morgan fingerprint density at radius 1 is 1.05 bits per heavy atom. The molecule has 2 aromatic rings. The van der Waals surface area contributed by atoms with Gasteiger partial charge in [-0.2, -0.15) is 0 Å². The smallest absolute Gasteiger partial charge is 0.167 e. The highest BCUT2D eigenvalue weighted by molar-refractivity contribution is 5.97. The maximum absolute atomic E-state index is 13.5. The lowest BCUT2D eigenvalue weighted by molar-refractivity contribution is 0.0992. The SMILES string of the molecule is Cc1cccc(CC(=O)c2cc(C)c(F)c(C)c2)c1. The number of halogens is 1. The summed E-state index contributed by atoms with van der Waals surface area (Å²) in [6.45, 7) is 5.37. The van der Waals surface area contributed by atoms with Gasteiger partial charge in [-0.3, -0.25) is 4.79 Å². The summed E-state index contributed by atoms with van der Waals surface area (Å²) in [5.41, 5.74) is 3.75. The van der Waals surface area contributed by atoms with E-state index in [4.69, 9.17) is 0 Å². The van der Waals surface area contributed by atoms with Crippen molar-refractivity contribution in [2.75, 3.05) is 0 Å². The summed E-state index contributed by atoms with van der Waals surface area (Å²) < 4.78 is 13.5. The Labute approximate surface area is 113 Å². The molecule has 1 nitrogen and oxygen atoms in total. The van der Waals surface area contributed by atoms with E-state index in [1.54, 1.807) is 26.0 Å². The predicted molar refractivity (Wildman–Crippen MR) is 75.1 cm³/mol. The molecule has 0 N–H and O–H groups in total. The lowest BCUT2D eigenvalue weighted by Gasteiger charge is -2.07. The number of hydrogen-bond donors (Lipinski definition) is 0. The van der Waals surface area contributed by atoms with Crippen molar-refractivity contribution in [1.82, 2.24) is 0 Å². The molecule has 0 aliphatic carbocycles. The van der Waals surface area contributed by atoms with Gasteiger partial charge in [-0.15, -0.1) is 0 Å². The largest absolute Gasteiger partial charge is 0.294 e. The van der Waals surface area contributed by atoms with Crippen LogP contribution in [0.2, 0.25) is 0 Å². The van der Waals surface area contributed by atoms with Crippen LogP contribution in [0.4, 0.5) is 4.39 Å². The van der Waals surface area contributed by atoms with Crippen LogP contribution in [0.5, 0.6) is 0 Å². The molecule has 0 atom stereocenters. The van der Waals surface area contributed by atoms with Gasteiger partial charge in [0.05, 0.1) is 0 Å². The first-order valence-electron chi connectivity index (χ1n) is 6.33. The van der Waals surface area contributed by atoms with Crippen molar-refractivity contribution >= 4 is 5.78 Å². The minimum absolute atomic E-state index is 0.0248. The number of Topliss-reactive ketones (excluding diaryl/α,β-unsaturated/α-hetero) is 1. The summed E-state index contributed by atoms with van der Waals surface area (Å²) in [6, 6.07) is 11.1. The van der Waals surface area contributed by atoms with Gasteiger partial charge in [0.2, 0.25) is 0 Å². The first kappa shape index (κ1) is 13.5. The van der Waals surface area contributed by atoms with Crippen LogP contribution in [-0.2, 0) is 6.42 Å². The Bertz CT molecular complexity index is 606. The summed E-state index contributed by atoms with van der Waals surface area (Å²) in [4.78, 5) is 12.2. The zero-order valence-corrected chi connectivity index (χ0v) is 11.5. The van der Waals surface area contributed by atoms with Gasteiger partial charge < -0.3 is 0 Å². The van der Waals surface area contributed by atoms with Crippen molar-refractivity contribution < 1.29 is 9.18 Å². The number of hydrogen-bond acceptors (Lipinski definition) is 1. The molecular formula is C17H17FO. The van der Waals surface area contributed by atoms with E-state index in [1.807, 2.05) is 31.2 Å². The molecule has 0 aliphatic rings. The molecule has 0 aromatic heterocycles. The molecule has 0 saturated heterocycles. The van der Waals surface area contributed by atoms with E-state index in [9.17, 15) is 9.18 Å². The highest BCUT2D eigenvalue weighted by Crippen LogP contribution is 2.17. The fraction of sp³-hybridized carbons (Fsp3) is 0.235. The quantitative estimate of drug-likeness (QED) is 0.753. The monoisotopic (exact) mass is 256 g/mol. The maximum Gasteiger partial charge on any atom is 0.167 e. The highest BCUT2D eigenvalue weighted by Gasteiger charge is 2.11. The molecule has 2 heteroatoms. The number of ketones is 1. The third-order valence-electron chi connectivity index (χ3n) is 3.21. The number of benzene rings is 2. The third-order valence-corrected chi connectivity index (χ3v) is 3.21. The van der Waals surface area contributed by atoms with E-state index in [-0.39, 0.29) is 11.6 Å². The molecule has 0 aliphatic heterocycles. The van der Waals surface area contributed by atoms with E-state index < -0.39 is 0 Å². The van der Waals surface area contributed by atoms with Gasteiger partial charge in [0.1, 0.15) is 5.82 Å². The fourth-order valence-corrected chi connectivity index (χ4v) is 2.22. The normalized spacial score (nSPS) is 10.5. The van der Waals surface area contributed by atoms with Gasteiger partial charge in [-0.1, -0.05) is 29.8 Å². The number of carbonyl (C=O) groups is 1. The summed E-state index contributed by atoms with van der Waals surface area (Å²) in [5, 5.41) is 0. The number of aryl methyl sites for hydroxylation is 3. The maximum atomic E-state index is 13.5. The van der Waals surface area contributed by atoms with Crippen molar-refractivity contribution in [3.05, 3.63) is 70.0 Å². The van der Waals surface area contributed by atoms with Gasteiger partial charge in [0.25, 0.3) is 0 Å². The molecule has 0 amide bonds. The van der Waals surface area contributed by atoms with E-state index >= 15 is 0 Å². The molecule has 0 fully saturated rings. The minimum Gasteiger partial charge on any atom is -0.294 e. The Morgan fingerprint density at radius 3 is 2.26 bits per heavy atom. The molecule has 0 spiro atoms. The van der Waals surface area contributed by atoms with Crippen molar-refractivity contribution in [2.24, 2.45) is 0 Å². The molecule has 0 saturated carbocycles. The number of carbonyl (C=O) groups excluding carboxylic acids is 1. The van der Waals surface area contributed by atoms with E-state index in [2.05, 4.69) is 0 Å². The fourth-order valence-electron chi connectivity index (χ4n) is 2.22. The Kier molecular flexibility index (Phi) is 3.79. The average molecular weight is 256 g/mol. The first-order valence-corrected chi connectivity index (χ1v) is 6.33. The molecule has 0 bridgehead atoms. The van der Waals surface area contributed by atoms with Crippen LogP contribution in [0.3, 0.4) is 0 Å². The lowest BCUT2D eigenvalue weighted by Crippen LogP contribution is -2.05. The van der Waals surface area contributed by atoms with Gasteiger partial charge in [-0.25, -0.2) is 4.39 Å². The van der Waals surface area contributed by atoms with Gasteiger partial charge >= 0.3 is 0 Å². The zero-order valence-electron chi connectivity index (χ0n) is 11.5. The predicted octanol–water partition coefficient (Wildman–Crippen LogP) is 4.18. The molecule has 19 heavy (non-hydrogen) atoms. The van der Waals surface area contributed by atoms with Crippen LogP contribution in [0.15, 0.2) is 36.4 Å². The van der Waals surface area contributed by atoms with E-state index in [0.29, 0.717) is 23.1 Å². The Hall–Kier alpha value is -1.96. The molecule has 98 valence electrons. The van der Waals surface area contributed by atoms with Crippen molar-refractivity contribution in [1.29, 1.82) is 0 Å². The van der Waals surface area contributed by atoms with Crippen LogP contribution >= 0.6 is 0 Å². The molecule has 2 rings (SSSR count). The zero-order chi connectivity index (χ0) is 14.0. The molecule has 0 heterocycles. The second-order valence-corrected chi connectivity index (χ2v) is 5.01. The molecule has 0 radical (unpaired) electrons. The summed E-state index contributed by atoms with van der Waals surface area (Å²) >= 11 is 0. The first-order chi connectivity index (χ1) is 8.97. The van der Waals surface area contributed by atoms with Gasteiger partial charge in [0, 0.05) is 12.0 Å². The molecule has 0 unspecified atom stereocenters. The van der Waals surface area contributed by atoms with E-state index in [0.717, 1.165) is 11.1 Å². The average Bonchev–Trinajstić information content (AvgIpc) is 2.35. The second-order valence-electron chi connectivity index (χ2n) is 5.01. The van der Waals surface area contributed by atoms with Gasteiger partial charge in [0.15, 0.2) is 5.78 Å². The lowest BCUT2D eigenvalue weighted by atomic mass is 9.98. The third kappa shape index (κ3) is 3.08. The van der Waals surface area contributed by atoms with Crippen molar-refractivity contribution in [2.45, 2.75) is 27.2 Å². The van der Waals surface area contributed by atoms with Crippen molar-refractivity contribution in [3.8, 4) is 0 Å². The molecule has 2 aromatic carbocycles. The second kappa shape index (κ2) is 5.35. The highest BCUT2D eigenvalue weighted by atomic mass is 19.1. The van der Waals surface area contributed by atoms with Crippen LogP contribution in [0, 0.1) is 26.6 Å². The molecular weight excluding hydrogens is 239 g/mol.